The maximum Gasteiger partial charge on any atom is 0.239 e. The summed E-state index contributed by atoms with van der Waals surface area (Å²) in [4.78, 5) is 20.7. The van der Waals surface area contributed by atoms with Crippen molar-refractivity contribution in [3.63, 3.8) is 0 Å². The largest absolute Gasteiger partial charge is 0.395 e. The number of nitrogens with two attached hydrogens (primary N) is 1. The first-order chi connectivity index (χ1) is 8.69. The third-order valence-electron chi connectivity index (χ3n) is 2.76. The number of hydrogen-bond acceptors (Lipinski definition) is 4. The van der Waals surface area contributed by atoms with Crippen LogP contribution in [0.15, 0.2) is 12.4 Å². The summed E-state index contributed by atoms with van der Waals surface area (Å²) in [6.45, 7) is 2.62. The first-order valence-corrected chi connectivity index (χ1v) is 6.32. The number of carbonyl (C=O) groups excluding carboxylic acids is 1. The Balaban J connectivity index is 2.57. The summed E-state index contributed by atoms with van der Waals surface area (Å²) < 4.78 is 0. The van der Waals surface area contributed by atoms with Crippen LogP contribution in [0.1, 0.15) is 32.0 Å². The number of rotatable bonds is 8. The van der Waals surface area contributed by atoms with Crippen molar-refractivity contribution >= 4 is 5.91 Å². The van der Waals surface area contributed by atoms with Gasteiger partial charge in [-0.1, -0.05) is 19.8 Å². The second kappa shape index (κ2) is 7.84. The van der Waals surface area contributed by atoms with E-state index < -0.39 is 6.04 Å². The molecule has 1 atom stereocenters. The summed E-state index contributed by atoms with van der Waals surface area (Å²) in [5.74, 6) is 0.563. The number of aliphatic hydroxyl groups is 1. The molecule has 0 spiro atoms. The van der Waals surface area contributed by atoms with Crippen LogP contribution in [0, 0.1) is 0 Å². The molecule has 0 aliphatic heterocycles. The van der Waals surface area contributed by atoms with Crippen LogP contribution in [-0.4, -0.2) is 45.1 Å². The highest BCUT2D eigenvalue weighted by atomic mass is 16.3. The minimum atomic E-state index is -0.494. The minimum Gasteiger partial charge on any atom is -0.395 e. The van der Waals surface area contributed by atoms with Gasteiger partial charge in [-0.25, -0.2) is 4.98 Å². The van der Waals surface area contributed by atoms with Crippen molar-refractivity contribution in [3.05, 3.63) is 18.2 Å². The molecular formula is C12H22N4O2. The van der Waals surface area contributed by atoms with E-state index in [1.54, 1.807) is 17.3 Å². The topological polar surface area (TPSA) is 95.2 Å². The Kier molecular flexibility index (Phi) is 6.38. The summed E-state index contributed by atoms with van der Waals surface area (Å²) in [5.41, 5.74) is 5.86. The summed E-state index contributed by atoms with van der Waals surface area (Å²) in [5, 5.41) is 9.01. The van der Waals surface area contributed by atoms with E-state index in [0.717, 1.165) is 12.8 Å². The van der Waals surface area contributed by atoms with Gasteiger partial charge in [-0.05, 0) is 6.42 Å². The standard InChI is InChI=1S/C12H22N4O2/c1-2-3-4-10(13)12(18)16(7-8-17)9-11-14-5-6-15-11/h5-6,10,17H,2-4,7-9,13H2,1H3,(H,14,15)/t10-/m0/s1. The smallest absolute Gasteiger partial charge is 0.239 e. The maximum atomic E-state index is 12.1. The quantitative estimate of drug-likeness (QED) is 0.619. The zero-order valence-corrected chi connectivity index (χ0v) is 10.8. The normalized spacial score (nSPS) is 12.4. The van der Waals surface area contributed by atoms with E-state index in [9.17, 15) is 4.79 Å². The number of hydrogen-bond donors (Lipinski definition) is 3. The maximum absolute atomic E-state index is 12.1. The molecule has 6 heteroatoms. The molecule has 102 valence electrons. The van der Waals surface area contributed by atoms with E-state index in [4.69, 9.17) is 10.8 Å². The summed E-state index contributed by atoms with van der Waals surface area (Å²) in [6.07, 6.45) is 5.96. The van der Waals surface area contributed by atoms with Crippen molar-refractivity contribution in [2.24, 2.45) is 5.73 Å². The van der Waals surface area contributed by atoms with E-state index >= 15 is 0 Å². The summed E-state index contributed by atoms with van der Waals surface area (Å²) in [7, 11) is 0. The molecule has 18 heavy (non-hydrogen) atoms. The molecule has 0 bridgehead atoms. The van der Waals surface area contributed by atoms with Crippen LogP contribution in [-0.2, 0) is 11.3 Å². The molecule has 0 saturated heterocycles. The molecule has 6 nitrogen and oxygen atoms in total. The van der Waals surface area contributed by atoms with Gasteiger partial charge in [0, 0.05) is 18.9 Å². The second-order valence-corrected chi connectivity index (χ2v) is 4.27. The highest BCUT2D eigenvalue weighted by Gasteiger charge is 2.20. The molecule has 4 N–H and O–H groups in total. The number of imidazole rings is 1. The number of unbranched alkanes of at least 4 members (excludes halogenated alkanes) is 1. The van der Waals surface area contributed by atoms with Gasteiger partial charge in [0.2, 0.25) is 5.91 Å². The molecule has 1 aromatic rings. The average Bonchev–Trinajstić information content (AvgIpc) is 2.87. The first kappa shape index (κ1) is 14.7. The van der Waals surface area contributed by atoms with Crippen molar-refractivity contribution in [2.45, 2.75) is 38.8 Å². The molecular weight excluding hydrogens is 232 g/mol. The monoisotopic (exact) mass is 254 g/mol. The van der Waals surface area contributed by atoms with Crippen molar-refractivity contribution in [3.8, 4) is 0 Å². The van der Waals surface area contributed by atoms with Gasteiger partial charge in [-0.2, -0.15) is 0 Å². The van der Waals surface area contributed by atoms with Gasteiger partial charge in [0.05, 0.1) is 19.2 Å². The molecule has 0 aliphatic rings. The van der Waals surface area contributed by atoms with Crippen LogP contribution in [0.25, 0.3) is 0 Å². The molecule has 1 rings (SSSR count). The van der Waals surface area contributed by atoms with E-state index in [1.165, 1.54) is 0 Å². The fourth-order valence-electron chi connectivity index (χ4n) is 1.74. The molecule has 0 aliphatic carbocycles. The van der Waals surface area contributed by atoms with E-state index in [-0.39, 0.29) is 19.1 Å². The Morgan fingerprint density at radius 2 is 2.44 bits per heavy atom. The Hall–Kier alpha value is -1.40. The van der Waals surface area contributed by atoms with Gasteiger partial charge in [0.15, 0.2) is 0 Å². The number of carbonyl (C=O) groups is 1. The lowest BCUT2D eigenvalue weighted by atomic mass is 10.1. The van der Waals surface area contributed by atoms with Crippen LogP contribution in [0.5, 0.6) is 0 Å². The van der Waals surface area contributed by atoms with Gasteiger partial charge < -0.3 is 20.7 Å². The molecule has 1 aromatic heterocycles. The van der Waals surface area contributed by atoms with E-state index in [0.29, 0.717) is 18.8 Å². The van der Waals surface area contributed by atoms with Crippen LogP contribution in [0.2, 0.25) is 0 Å². The predicted octanol–water partition coefficient (Wildman–Crippen LogP) is 0.248. The highest BCUT2D eigenvalue weighted by molar-refractivity contribution is 5.81. The molecule has 0 radical (unpaired) electrons. The molecule has 1 amide bonds. The number of aromatic nitrogens is 2. The van der Waals surface area contributed by atoms with Crippen LogP contribution in [0.3, 0.4) is 0 Å². The van der Waals surface area contributed by atoms with Crippen molar-refractivity contribution in [2.75, 3.05) is 13.2 Å². The predicted molar refractivity (Wildman–Crippen MR) is 68.6 cm³/mol. The zero-order chi connectivity index (χ0) is 13.4. The Morgan fingerprint density at radius 1 is 1.67 bits per heavy atom. The third-order valence-corrected chi connectivity index (χ3v) is 2.76. The molecule has 0 unspecified atom stereocenters. The van der Waals surface area contributed by atoms with Crippen molar-refractivity contribution in [1.29, 1.82) is 0 Å². The SMILES string of the molecule is CCCC[C@H](N)C(=O)N(CCO)Cc1ncc[nH]1. The second-order valence-electron chi connectivity index (χ2n) is 4.27. The van der Waals surface area contributed by atoms with Crippen molar-refractivity contribution < 1.29 is 9.90 Å². The van der Waals surface area contributed by atoms with E-state index in [1.807, 2.05) is 0 Å². The lowest BCUT2D eigenvalue weighted by molar-refractivity contribution is -0.134. The highest BCUT2D eigenvalue weighted by Crippen LogP contribution is 2.05. The Morgan fingerprint density at radius 3 is 3.00 bits per heavy atom. The van der Waals surface area contributed by atoms with E-state index in [2.05, 4.69) is 16.9 Å². The Labute approximate surface area is 107 Å². The minimum absolute atomic E-state index is 0.0764. The molecule has 0 aromatic carbocycles. The number of aromatic amines is 1. The number of H-pyrrole nitrogens is 1. The van der Waals surface area contributed by atoms with Gasteiger partial charge in [0.25, 0.3) is 0 Å². The lowest BCUT2D eigenvalue weighted by Gasteiger charge is -2.24. The van der Waals surface area contributed by atoms with Gasteiger partial charge in [0.1, 0.15) is 5.82 Å². The number of nitrogens with zero attached hydrogens (tertiary/aromatic N) is 2. The van der Waals surface area contributed by atoms with Gasteiger partial charge in [-0.3, -0.25) is 4.79 Å². The molecule has 1 heterocycles. The molecule has 0 saturated carbocycles. The van der Waals surface area contributed by atoms with Crippen LogP contribution >= 0.6 is 0 Å². The Bertz CT molecular complexity index is 340. The zero-order valence-electron chi connectivity index (χ0n) is 10.8. The first-order valence-electron chi connectivity index (χ1n) is 6.32. The summed E-state index contributed by atoms with van der Waals surface area (Å²) >= 11 is 0. The third kappa shape index (κ3) is 4.46. The van der Waals surface area contributed by atoms with Gasteiger partial charge >= 0.3 is 0 Å². The fraction of sp³-hybridized carbons (Fsp3) is 0.667. The number of amides is 1. The fourth-order valence-corrected chi connectivity index (χ4v) is 1.74. The van der Waals surface area contributed by atoms with Crippen LogP contribution < -0.4 is 5.73 Å². The number of nitrogens with one attached hydrogen (secondary N) is 1. The van der Waals surface area contributed by atoms with Crippen LogP contribution in [0.4, 0.5) is 0 Å². The molecule has 0 fully saturated rings. The number of aliphatic hydroxyl groups excluding tert-OH is 1. The lowest BCUT2D eigenvalue weighted by Crippen LogP contribution is -2.44. The average molecular weight is 254 g/mol. The van der Waals surface area contributed by atoms with Gasteiger partial charge in [-0.15, -0.1) is 0 Å². The van der Waals surface area contributed by atoms with Crippen molar-refractivity contribution in [1.82, 2.24) is 14.9 Å². The summed E-state index contributed by atoms with van der Waals surface area (Å²) in [6, 6.07) is -0.494.